The molecule has 2 rings (SSSR count). The quantitative estimate of drug-likeness (QED) is 0.646. The zero-order chi connectivity index (χ0) is 22.1. The number of benzene rings is 2. The van der Waals surface area contributed by atoms with Crippen molar-refractivity contribution >= 4 is 11.8 Å². The molecule has 2 aromatic rings. The number of nitrogens with one attached hydrogen (secondary N) is 1. The number of aryl methyl sites for hydroxylation is 1. The van der Waals surface area contributed by atoms with Crippen LogP contribution in [0.15, 0.2) is 48.5 Å². The van der Waals surface area contributed by atoms with E-state index in [1.54, 1.807) is 18.9 Å². The fraction of sp³-hybridized carbons (Fsp3) is 0.417. The summed E-state index contributed by atoms with van der Waals surface area (Å²) in [5, 5.41) is 2.96. The molecule has 0 aliphatic rings. The number of ether oxygens (including phenoxy) is 2. The fourth-order valence-electron chi connectivity index (χ4n) is 2.84. The van der Waals surface area contributed by atoms with Crippen LogP contribution in [0, 0.1) is 6.92 Å². The summed E-state index contributed by atoms with van der Waals surface area (Å²) in [6.07, 6.45) is 0.821. The molecule has 0 unspecified atom stereocenters. The van der Waals surface area contributed by atoms with E-state index in [1.807, 2.05) is 69.3 Å². The lowest BCUT2D eigenvalue weighted by Crippen LogP contribution is -2.50. The van der Waals surface area contributed by atoms with Gasteiger partial charge >= 0.3 is 0 Å². The first kappa shape index (κ1) is 23.3. The lowest BCUT2D eigenvalue weighted by atomic mass is 10.1. The van der Waals surface area contributed by atoms with Gasteiger partial charge in [0, 0.05) is 12.6 Å². The molecule has 0 aliphatic heterocycles. The highest BCUT2D eigenvalue weighted by molar-refractivity contribution is 5.88. The number of carbonyl (C=O) groups is 2. The molecule has 0 saturated heterocycles. The van der Waals surface area contributed by atoms with Gasteiger partial charge in [0.25, 0.3) is 5.91 Å². The molecule has 0 bridgehead atoms. The van der Waals surface area contributed by atoms with Crippen LogP contribution in [-0.2, 0) is 16.1 Å². The Hall–Kier alpha value is -3.02. The van der Waals surface area contributed by atoms with Gasteiger partial charge in [0.2, 0.25) is 5.91 Å². The second-order valence-electron chi connectivity index (χ2n) is 7.47. The summed E-state index contributed by atoms with van der Waals surface area (Å²) in [7, 11) is 1.61. The molecule has 0 fully saturated rings. The Kier molecular flexibility index (Phi) is 8.71. The maximum Gasteiger partial charge on any atom is 0.261 e. The van der Waals surface area contributed by atoms with Crippen molar-refractivity contribution in [1.82, 2.24) is 10.2 Å². The van der Waals surface area contributed by atoms with E-state index < -0.39 is 6.04 Å². The van der Waals surface area contributed by atoms with Crippen molar-refractivity contribution in [2.24, 2.45) is 0 Å². The maximum atomic E-state index is 13.0. The molecule has 0 saturated carbocycles. The third kappa shape index (κ3) is 6.79. The summed E-state index contributed by atoms with van der Waals surface area (Å²) in [6.45, 7) is 7.84. The van der Waals surface area contributed by atoms with Crippen LogP contribution in [0.1, 0.15) is 38.3 Å². The van der Waals surface area contributed by atoms with Gasteiger partial charge in [-0.2, -0.15) is 0 Å². The average Bonchev–Trinajstić information content (AvgIpc) is 2.76. The summed E-state index contributed by atoms with van der Waals surface area (Å²) < 4.78 is 10.9. The number of carbonyl (C=O) groups excluding carboxylic acids is 2. The third-order valence-corrected chi connectivity index (χ3v) is 5.06. The van der Waals surface area contributed by atoms with Gasteiger partial charge in [-0.25, -0.2) is 0 Å². The van der Waals surface area contributed by atoms with Crippen molar-refractivity contribution in [1.29, 1.82) is 0 Å². The van der Waals surface area contributed by atoms with Crippen LogP contribution in [-0.4, -0.2) is 42.5 Å². The summed E-state index contributed by atoms with van der Waals surface area (Å²) in [5.74, 6) is 0.927. The second kappa shape index (κ2) is 11.2. The molecule has 6 heteroatoms. The lowest BCUT2D eigenvalue weighted by molar-refractivity contribution is -0.142. The van der Waals surface area contributed by atoms with Crippen molar-refractivity contribution in [2.75, 3.05) is 13.7 Å². The first-order chi connectivity index (χ1) is 14.3. The Morgan fingerprint density at radius 3 is 2.17 bits per heavy atom. The van der Waals surface area contributed by atoms with E-state index in [2.05, 4.69) is 5.32 Å². The second-order valence-corrected chi connectivity index (χ2v) is 7.47. The average molecular weight is 413 g/mol. The van der Waals surface area contributed by atoms with Crippen LogP contribution in [0.2, 0.25) is 0 Å². The first-order valence-electron chi connectivity index (χ1n) is 10.3. The minimum Gasteiger partial charge on any atom is -0.497 e. The molecule has 0 heterocycles. The zero-order valence-corrected chi connectivity index (χ0v) is 18.5. The monoisotopic (exact) mass is 412 g/mol. The van der Waals surface area contributed by atoms with Crippen molar-refractivity contribution in [3.63, 3.8) is 0 Å². The maximum absolute atomic E-state index is 13.0. The minimum absolute atomic E-state index is 0.0432. The number of rotatable bonds is 10. The SMILES string of the molecule is CC[C@H](C)NC(=O)[C@@H](C)N(Cc1ccc(OC)cc1)C(=O)COc1ccc(C)cc1. The molecule has 2 amide bonds. The van der Waals surface area contributed by atoms with Crippen LogP contribution >= 0.6 is 0 Å². The van der Waals surface area contributed by atoms with Crippen LogP contribution in [0.25, 0.3) is 0 Å². The molecule has 0 spiro atoms. The predicted octanol–water partition coefficient (Wildman–Crippen LogP) is 3.71. The van der Waals surface area contributed by atoms with Crippen LogP contribution in [0.5, 0.6) is 11.5 Å². The molecule has 0 aromatic heterocycles. The van der Waals surface area contributed by atoms with E-state index >= 15 is 0 Å². The van der Waals surface area contributed by atoms with Crippen LogP contribution < -0.4 is 14.8 Å². The van der Waals surface area contributed by atoms with E-state index in [0.29, 0.717) is 12.3 Å². The standard InChI is InChI=1S/C24H32N2O4/c1-6-18(3)25-24(28)19(4)26(15-20-9-13-21(29-5)14-10-20)23(27)16-30-22-11-7-17(2)8-12-22/h7-14,18-19H,6,15-16H2,1-5H3,(H,25,28)/t18-,19+/m0/s1. The first-order valence-corrected chi connectivity index (χ1v) is 10.3. The van der Waals surface area contributed by atoms with E-state index in [9.17, 15) is 9.59 Å². The Bertz CT molecular complexity index is 818. The number of nitrogens with zero attached hydrogens (tertiary/aromatic N) is 1. The van der Waals surface area contributed by atoms with E-state index in [-0.39, 0.29) is 24.5 Å². The van der Waals surface area contributed by atoms with Gasteiger partial charge in [0.05, 0.1) is 7.11 Å². The highest BCUT2D eigenvalue weighted by Gasteiger charge is 2.27. The molecule has 0 aliphatic carbocycles. The van der Waals surface area contributed by atoms with Crippen molar-refractivity contribution < 1.29 is 19.1 Å². The number of amides is 2. The minimum atomic E-state index is -0.629. The van der Waals surface area contributed by atoms with Gasteiger partial charge in [-0.1, -0.05) is 36.8 Å². The Balaban J connectivity index is 2.14. The van der Waals surface area contributed by atoms with Crippen molar-refractivity contribution in [3.05, 3.63) is 59.7 Å². The topological polar surface area (TPSA) is 67.9 Å². The normalized spacial score (nSPS) is 12.6. The van der Waals surface area contributed by atoms with Gasteiger partial charge in [-0.05, 0) is 57.0 Å². The van der Waals surface area contributed by atoms with Crippen molar-refractivity contribution in [2.45, 2.75) is 52.7 Å². The number of hydrogen-bond donors (Lipinski definition) is 1. The van der Waals surface area contributed by atoms with E-state index in [0.717, 1.165) is 23.3 Å². The molecule has 0 radical (unpaired) electrons. The largest absolute Gasteiger partial charge is 0.497 e. The molecule has 6 nitrogen and oxygen atoms in total. The zero-order valence-electron chi connectivity index (χ0n) is 18.5. The van der Waals surface area contributed by atoms with Gasteiger partial charge in [0.15, 0.2) is 6.61 Å². The summed E-state index contributed by atoms with van der Waals surface area (Å²) >= 11 is 0. The van der Waals surface area contributed by atoms with Crippen LogP contribution in [0.3, 0.4) is 0 Å². The third-order valence-electron chi connectivity index (χ3n) is 5.06. The Morgan fingerprint density at radius 2 is 1.60 bits per heavy atom. The number of methoxy groups -OCH3 is 1. The van der Waals surface area contributed by atoms with Gasteiger partial charge in [0.1, 0.15) is 17.5 Å². The Labute approximate surface area is 179 Å². The van der Waals surface area contributed by atoms with E-state index in [1.165, 1.54) is 0 Å². The summed E-state index contributed by atoms with van der Waals surface area (Å²) in [5.41, 5.74) is 2.02. The predicted molar refractivity (Wildman–Crippen MR) is 118 cm³/mol. The van der Waals surface area contributed by atoms with E-state index in [4.69, 9.17) is 9.47 Å². The van der Waals surface area contributed by atoms with Crippen LogP contribution in [0.4, 0.5) is 0 Å². The lowest BCUT2D eigenvalue weighted by Gasteiger charge is -2.29. The fourth-order valence-corrected chi connectivity index (χ4v) is 2.84. The highest BCUT2D eigenvalue weighted by atomic mass is 16.5. The smallest absolute Gasteiger partial charge is 0.261 e. The Morgan fingerprint density at radius 1 is 1.00 bits per heavy atom. The molecule has 162 valence electrons. The molecular formula is C24H32N2O4. The summed E-state index contributed by atoms with van der Waals surface area (Å²) in [6, 6.07) is 14.4. The summed E-state index contributed by atoms with van der Waals surface area (Å²) in [4.78, 5) is 27.3. The van der Waals surface area contributed by atoms with Gasteiger partial charge in [-0.15, -0.1) is 0 Å². The molecule has 30 heavy (non-hydrogen) atoms. The molecule has 2 aromatic carbocycles. The van der Waals surface area contributed by atoms with Gasteiger partial charge in [-0.3, -0.25) is 9.59 Å². The van der Waals surface area contributed by atoms with Crippen molar-refractivity contribution in [3.8, 4) is 11.5 Å². The molecular weight excluding hydrogens is 380 g/mol. The molecule has 2 atom stereocenters. The highest BCUT2D eigenvalue weighted by Crippen LogP contribution is 2.16. The number of hydrogen-bond acceptors (Lipinski definition) is 4. The molecule has 1 N–H and O–H groups in total. The van der Waals surface area contributed by atoms with Gasteiger partial charge < -0.3 is 19.7 Å².